The Hall–Kier alpha value is -3.80. The predicted molar refractivity (Wildman–Crippen MR) is 125 cm³/mol. The summed E-state index contributed by atoms with van der Waals surface area (Å²) in [6.45, 7) is 3.89. The van der Waals surface area contributed by atoms with Gasteiger partial charge in [-0.15, -0.1) is 0 Å². The van der Waals surface area contributed by atoms with Crippen molar-refractivity contribution in [2.75, 3.05) is 0 Å². The number of nitrogens with zero attached hydrogens (tertiary/aromatic N) is 2. The number of fused-ring (bicyclic) bond motifs is 8. The van der Waals surface area contributed by atoms with Crippen molar-refractivity contribution in [3.8, 4) is 5.69 Å². The normalized spacial score (nSPS) is 18.0. The summed E-state index contributed by atoms with van der Waals surface area (Å²) < 4.78 is 30.0. The van der Waals surface area contributed by atoms with Crippen LogP contribution in [0.4, 0.5) is 8.78 Å². The van der Waals surface area contributed by atoms with Crippen LogP contribution in [-0.4, -0.2) is 15.7 Å². The van der Waals surface area contributed by atoms with E-state index in [1.807, 2.05) is 56.3 Å². The van der Waals surface area contributed by atoms with E-state index in [0.717, 1.165) is 29.3 Å². The smallest absolute Gasteiger partial charge is 0.272 e. The number of aromatic nitrogens is 2. The monoisotopic (exact) mass is 455 g/mol. The fourth-order valence-corrected chi connectivity index (χ4v) is 5.56. The van der Waals surface area contributed by atoms with E-state index in [-0.39, 0.29) is 23.4 Å². The van der Waals surface area contributed by atoms with Crippen LogP contribution in [0.15, 0.2) is 72.8 Å². The number of hydrogen-bond donors (Lipinski definition) is 1. The quantitative estimate of drug-likeness (QED) is 0.423. The lowest BCUT2D eigenvalue weighted by Gasteiger charge is -2.27. The summed E-state index contributed by atoms with van der Waals surface area (Å²) in [5, 5.41) is 7.76. The number of halogens is 2. The Morgan fingerprint density at radius 2 is 1.65 bits per heavy atom. The van der Waals surface area contributed by atoms with Crippen molar-refractivity contribution in [2.24, 2.45) is 0 Å². The average molecular weight is 456 g/mol. The van der Waals surface area contributed by atoms with E-state index in [4.69, 9.17) is 0 Å². The van der Waals surface area contributed by atoms with Gasteiger partial charge in [0.15, 0.2) is 11.5 Å². The number of carbonyl (C=O) groups is 1. The molecule has 2 bridgehead atoms. The Morgan fingerprint density at radius 3 is 2.35 bits per heavy atom. The topological polar surface area (TPSA) is 46.9 Å². The van der Waals surface area contributed by atoms with Gasteiger partial charge in [0.05, 0.1) is 11.2 Å². The summed E-state index contributed by atoms with van der Waals surface area (Å²) in [6, 6.07) is 21.3. The van der Waals surface area contributed by atoms with Crippen molar-refractivity contribution in [1.29, 1.82) is 0 Å². The van der Waals surface area contributed by atoms with E-state index in [1.165, 1.54) is 27.9 Å². The largest absolute Gasteiger partial charge is 0.342 e. The zero-order valence-corrected chi connectivity index (χ0v) is 18.8. The van der Waals surface area contributed by atoms with Gasteiger partial charge < -0.3 is 5.32 Å². The van der Waals surface area contributed by atoms with Crippen LogP contribution < -0.4 is 5.32 Å². The number of hydrogen-bond acceptors (Lipinski definition) is 2. The van der Waals surface area contributed by atoms with Crippen LogP contribution in [0.25, 0.3) is 5.69 Å². The highest BCUT2D eigenvalue weighted by Crippen LogP contribution is 2.57. The molecule has 0 saturated carbocycles. The molecule has 2 aliphatic carbocycles. The molecule has 170 valence electrons. The molecule has 6 rings (SSSR count). The molecule has 0 radical (unpaired) electrons. The maximum Gasteiger partial charge on any atom is 0.272 e. The minimum Gasteiger partial charge on any atom is -0.342 e. The van der Waals surface area contributed by atoms with Gasteiger partial charge in [-0.05, 0) is 49.1 Å². The number of carbonyl (C=O) groups excluding carboxylic acids is 1. The third kappa shape index (κ3) is 3.01. The van der Waals surface area contributed by atoms with Crippen LogP contribution in [-0.2, 0) is 5.54 Å². The molecule has 2 unspecified atom stereocenters. The van der Waals surface area contributed by atoms with Gasteiger partial charge in [0, 0.05) is 23.5 Å². The Bertz CT molecular complexity index is 1440. The molecule has 1 aromatic heterocycles. The van der Waals surface area contributed by atoms with Gasteiger partial charge in [-0.2, -0.15) is 5.10 Å². The maximum atomic E-state index is 14.8. The van der Waals surface area contributed by atoms with Gasteiger partial charge >= 0.3 is 0 Å². The van der Waals surface area contributed by atoms with Crippen LogP contribution in [0.1, 0.15) is 70.5 Å². The fourth-order valence-electron chi connectivity index (χ4n) is 5.56. The minimum absolute atomic E-state index is 0.0110. The molecular formula is C28H23F2N3O. The lowest BCUT2D eigenvalue weighted by Crippen LogP contribution is -2.41. The number of amides is 1. The van der Waals surface area contributed by atoms with Gasteiger partial charge in [0.2, 0.25) is 0 Å². The Kier molecular flexibility index (Phi) is 4.49. The van der Waals surface area contributed by atoms with Crippen LogP contribution in [0.2, 0.25) is 0 Å². The second kappa shape index (κ2) is 7.35. The maximum absolute atomic E-state index is 14.8. The summed E-state index contributed by atoms with van der Waals surface area (Å²) in [6.07, 6.45) is 0.817. The van der Waals surface area contributed by atoms with Gasteiger partial charge in [0.25, 0.3) is 5.91 Å². The van der Waals surface area contributed by atoms with Crippen LogP contribution >= 0.6 is 0 Å². The van der Waals surface area contributed by atoms with E-state index in [0.29, 0.717) is 5.69 Å². The fraction of sp³-hybridized carbons (Fsp3) is 0.214. The number of nitrogens with one attached hydrogen (secondary N) is 1. The molecule has 3 aromatic carbocycles. The van der Waals surface area contributed by atoms with E-state index in [1.54, 1.807) is 0 Å². The first-order valence-corrected chi connectivity index (χ1v) is 11.4. The molecule has 34 heavy (non-hydrogen) atoms. The molecule has 0 saturated heterocycles. The zero-order valence-electron chi connectivity index (χ0n) is 18.8. The molecule has 2 aliphatic rings. The average Bonchev–Trinajstić information content (AvgIpc) is 3.50. The Balaban J connectivity index is 1.48. The first-order valence-electron chi connectivity index (χ1n) is 11.4. The van der Waals surface area contributed by atoms with Crippen LogP contribution in [0, 0.1) is 11.6 Å². The van der Waals surface area contributed by atoms with E-state index < -0.39 is 17.2 Å². The summed E-state index contributed by atoms with van der Waals surface area (Å²) in [5.41, 5.74) is 4.80. The van der Waals surface area contributed by atoms with Crippen LogP contribution in [0.5, 0.6) is 0 Å². The van der Waals surface area contributed by atoms with Crippen molar-refractivity contribution < 1.29 is 13.6 Å². The van der Waals surface area contributed by atoms with Gasteiger partial charge in [0.1, 0.15) is 11.5 Å². The van der Waals surface area contributed by atoms with Gasteiger partial charge in [-0.1, -0.05) is 54.6 Å². The number of rotatable bonds is 4. The molecule has 0 aliphatic heterocycles. The zero-order chi connectivity index (χ0) is 23.6. The summed E-state index contributed by atoms with van der Waals surface area (Å²) in [5.74, 6) is -1.64. The van der Waals surface area contributed by atoms with Crippen molar-refractivity contribution in [1.82, 2.24) is 15.1 Å². The minimum atomic E-state index is -0.710. The molecule has 4 nitrogen and oxygen atoms in total. The molecular weight excluding hydrogens is 432 g/mol. The first-order chi connectivity index (χ1) is 16.3. The predicted octanol–water partition coefficient (Wildman–Crippen LogP) is 5.80. The van der Waals surface area contributed by atoms with Gasteiger partial charge in [-0.3, -0.25) is 4.79 Å². The van der Waals surface area contributed by atoms with Crippen LogP contribution in [0.3, 0.4) is 0 Å². The van der Waals surface area contributed by atoms with Crippen molar-refractivity contribution >= 4 is 5.91 Å². The standard InChI is InChI=1S/C28H23F2N3O/c1-28(2,16-8-4-3-5-9-16)31-27(34)25-24-20-15-21(19-11-7-6-10-18(19)20)26(24)33(32-25)23-13-12-17(29)14-22(23)30/h3-14,20-21H,15H2,1-2H3,(H,31,34). The first kappa shape index (κ1) is 20.8. The highest BCUT2D eigenvalue weighted by atomic mass is 19.1. The van der Waals surface area contributed by atoms with E-state index in [9.17, 15) is 13.6 Å². The number of benzene rings is 3. The molecule has 0 fully saturated rings. The lowest BCUT2D eigenvalue weighted by atomic mass is 9.88. The SMILES string of the molecule is CC(C)(NC(=O)c1nn(-c2ccc(F)cc2F)c2c1C1CC2c2ccccc21)c1ccccc1. The molecule has 1 amide bonds. The van der Waals surface area contributed by atoms with E-state index >= 15 is 0 Å². The Morgan fingerprint density at radius 1 is 0.971 bits per heavy atom. The summed E-state index contributed by atoms with van der Waals surface area (Å²) in [7, 11) is 0. The van der Waals surface area contributed by atoms with Crippen molar-refractivity contribution in [3.63, 3.8) is 0 Å². The lowest BCUT2D eigenvalue weighted by molar-refractivity contribution is 0.0905. The Labute approximate surface area is 196 Å². The molecule has 4 aromatic rings. The third-order valence-electron chi connectivity index (χ3n) is 7.13. The molecule has 2 atom stereocenters. The molecule has 6 heteroatoms. The highest BCUT2D eigenvalue weighted by molar-refractivity contribution is 5.96. The second-order valence-electron chi connectivity index (χ2n) is 9.57. The molecule has 1 N–H and O–H groups in total. The second-order valence-corrected chi connectivity index (χ2v) is 9.57. The summed E-state index contributed by atoms with van der Waals surface area (Å²) in [4.78, 5) is 13.6. The summed E-state index contributed by atoms with van der Waals surface area (Å²) >= 11 is 0. The molecule has 1 heterocycles. The van der Waals surface area contributed by atoms with E-state index in [2.05, 4.69) is 22.5 Å². The van der Waals surface area contributed by atoms with Gasteiger partial charge in [-0.25, -0.2) is 13.5 Å². The molecule has 0 spiro atoms. The van der Waals surface area contributed by atoms with Crippen molar-refractivity contribution in [2.45, 2.75) is 37.6 Å². The van der Waals surface area contributed by atoms with Crippen molar-refractivity contribution in [3.05, 3.63) is 118 Å². The highest BCUT2D eigenvalue weighted by Gasteiger charge is 2.48. The third-order valence-corrected chi connectivity index (χ3v) is 7.13.